The highest BCUT2D eigenvalue weighted by molar-refractivity contribution is 5.78. The first-order chi connectivity index (χ1) is 9.20. The molecule has 1 amide bonds. The van der Waals surface area contributed by atoms with Crippen LogP contribution < -0.4 is 0 Å². The molecule has 3 nitrogen and oxygen atoms in total. The normalized spacial score (nSPS) is 16.9. The number of carbonyl (C=O) groups is 1. The second kappa shape index (κ2) is 6.66. The molecule has 0 bridgehead atoms. The Hall–Kier alpha value is -1.42. The van der Waals surface area contributed by atoms with Crippen LogP contribution in [-0.2, 0) is 9.53 Å². The highest BCUT2D eigenvalue weighted by Gasteiger charge is 2.24. The first-order valence-electron chi connectivity index (χ1n) is 6.85. The Labute approximate surface area is 113 Å². The molecule has 1 aliphatic rings. The van der Waals surface area contributed by atoms with Gasteiger partial charge in [-0.2, -0.15) is 0 Å². The van der Waals surface area contributed by atoms with Crippen molar-refractivity contribution in [3.05, 3.63) is 35.6 Å². The molecule has 1 fully saturated rings. The third-order valence-corrected chi connectivity index (χ3v) is 3.32. The van der Waals surface area contributed by atoms with Crippen LogP contribution in [0.1, 0.15) is 37.9 Å². The van der Waals surface area contributed by atoms with Crippen LogP contribution in [0.25, 0.3) is 0 Å². The number of hydrogen-bond acceptors (Lipinski definition) is 2. The number of hydrogen-bond donors (Lipinski definition) is 0. The number of nitrogens with zero attached hydrogens (tertiary/aromatic N) is 1. The minimum absolute atomic E-state index is 0.164. The summed E-state index contributed by atoms with van der Waals surface area (Å²) in [6.45, 7) is 4.04. The first-order valence-corrected chi connectivity index (χ1v) is 6.85. The van der Waals surface area contributed by atoms with Gasteiger partial charge >= 0.3 is 0 Å². The monoisotopic (exact) mass is 265 g/mol. The summed E-state index contributed by atoms with van der Waals surface area (Å²) in [5, 5.41) is 0. The van der Waals surface area contributed by atoms with Crippen LogP contribution in [0, 0.1) is 5.82 Å². The molecule has 1 saturated heterocycles. The predicted molar refractivity (Wildman–Crippen MR) is 71.2 cm³/mol. The summed E-state index contributed by atoms with van der Waals surface area (Å²) >= 11 is 0. The zero-order valence-electron chi connectivity index (χ0n) is 11.3. The summed E-state index contributed by atoms with van der Waals surface area (Å²) < 4.78 is 18.8. The third kappa shape index (κ3) is 3.77. The summed E-state index contributed by atoms with van der Waals surface area (Å²) in [6, 6.07) is 6.33. The van der Waals surface area contributed by atoms with Crippen molar-refractivity contribution in [3.63, 3.8) is 0 Å². The van der Waals surface area contributed by atoms with Gasteiger partial charge in [0, 0.05) is 19.6 Å². The van der Waals surface area contributed by atoms with Crippen LogP contribution in [-0.4, -0.2) is 30.5 Å². The van der Waals surface area contributed by atoms with E-state index >= 15 is 0 Å². The molecule has 0 aromatic heterocycles. The molecule has 2 rings (SSSR count). The molecule has 1 unspecified atom stereocenters. The van der Waals surface area contributed by atoms with E-state index in [0.717, 1.165) is 24.9 Å². The van der Waals surface area contributed by atoms with Crippen molar-refractivity contribution in [1.29, 1.82) is 0 Å². The molecule has 1 aromatic carbocycles. The van der Waals surface area contributed by atoms with E-state index in [0.29, 0.717) is 19.6 Å². The molecule has 0 aliphatic carbocycles. The van der Waals surface area contributed by atoms with Gasteiger partial charge in [-0.05, 0) is 30.5 Å². The Kier molecular flexibility index (Phi) is 4.91. The fourth-order valence-corrected chi connectivity index (χ4v) is 2.29. The van der Waals surface area contributed by atoms with Gasteiger partial charge in [-0.1, -0.05) is 19.1 Å². The maximum atomic E-state index is 13.0. The standard InChI is InChI=1S/C15H20FNO2/c1-2-10-19-14(11-17-9-3-4-15(17)18)12-5-7-13(16)8-6-12/h5-8,14H,2-4,9-11H2,1H3. The molecule has 0 spiro atoms. The average Bonchev–Trinajstić information content (AvgIpc) is 2.81. The lowest BCUT2D eigenvalue weighted by Gasteiger charge is -2.24. The highest BCUT2D eigenvalue weighted by Crippen LogP contribution is 2.22. The third-order valence-electron chi connectivity index (χ3n) is 3.32. The van der Waals surface area contributed by atoms with Crippen molar-refractivity contribution in [1.82, 2.24) is 4.90 Å². The molecule has 1 atom stereocenters. The molecule has 104 valence electrons. The maximum absolute atomic E-state index is 13.0. The average molecular weight is 265 g/mol. The van der Waals surface area contributed by atoms with Gasteiger partial charge in [-0.15, -0.1) is 0 Å². The van der Waals surface area contributed by atoms with Gasteiger partial charge in [-0.25, -0.2) is 4.39 Å². The molecule has 4 heteroatoms. The number of ether oxygens (including phenoxy) is 1. The summed E-state index contributed by atoms with van der Waals surface area (Å²) in [4.78, 5) is 13.5. The summed E-state index contributed by atoms with van der Waals surface area (Å²) in [7, 11) is 0. The van der Waals surface area contributed by atoms with Crippen molar-refractivity contribution in [2.24, 2.45) is 0 Å². The first kappa shape index (κ1) is 14.0. The van der Waals surface area contributed by atoms with E-state index < -0.39 is 0 Å². The van der Waals surface area contributed by atoms with Crippen LogP contribution in [0.5, 0.6) is 0 Å². The fraction of sp³-hybridized carbons (Fsp3) is 0.533. The van der Waals surface area contributed by atoms with Crippen LogP contribution in [0.15, 0.2) is 24.3 Å². The molecule has 1 heterocycles. The van der Waals surface area contributed by atoms with Gasteiger partial charge in [0.15, 0.2) is 0 Å². The summed E-state index contributed by atoms with van der Waals surface area (Å²) in [6.07, 6.45) is 2.31. The molecule has 1 aliphatic heterocycles. The van der Waals surface area contributed by atoms with Gasteiger partial charge in [0.1, 0.15) is 11.9 Å². The van der Waals surface area contributed by atoms with Gasteiger partial charge in [0.25, 0.3) is 0 Å². The Morgan fingerprint density at radius 1 is 1.37 bits per heavy atom. The SMILES string of the molecule is CCCOC(CN1CCCC1=O)c1ccc(F)cc1. The second-order valence-electron chi connectivity index (χ2n) is 4.85. The van der Waals surface area contributed by atoms with Gasteiger partial charge in [0.2, 0.25) is 5.91 Å². The van der Waals surface area contributed by atoms with E-state index in [1.54, 1.807) is 12.1 Å². The second-order valence-corrected chi connectivity index (χ2v) is 4.85. The number of halogens is 1. The number of likely N-dealkylation sites (tertiary alicyclic amines) is 1. The molecule has 1 aromatic rings. The lowest BCUT2D eigenvalue weighted by molar-refractivity contribution is -0.129. The Morgan fingerprint density at radius 3 is 2.68 bits per heavy atom. The zero-order chi connectivity index (χ0) is 13.7. The van der Waals surface area contributed by atoms with E-state index in [1.165, 1.54) is 12.1 Å². The Morgan fingerprint density at radius 2 is 2.11 bits per heavy atom. The topological polar surface area (TPSA) is 29.5 Å². The molecule has 19 heavy (non-hydrogen) atoms. The molecule has 0 radical (unpaired) electrons. The summed E-state index contributed by atoms with van der Waals surface area (Å²) in [5.41, 5.74) is 0.926. The van der Waals surface area contributed by atoms with Crippen molar-refractivity contribution < 1.29 is 13.9 Å². The maximum Gasteiger partial charge on any atom is 0.222 e. The van der Waals surface area contributed by atoms with Crippen molar-refractivity contribution >= 4 is 5.91 Å². The minimum atomic E-state index is -0.254. The molecule has 0 N–H and O–H groups in total. The predicted octanol–water partition coefficient (Wildman–Crippen LogP) is 2.92. The molecular formula is C15H20FNO2. The van der Waals surface area contributed by atoms with Gasteiger partial charge < -0.3 is 9.64 Å². The number of rotatable bonds is 6. The fourth-order valence-electron chi connectivity index (χ4n) is 2.29. The van der Waals surface area contributed by atoms with E-state index in [1.807, 2.05) is 11.8 Å². The largest absolute Gasteiger partial charge is 0.372 e. The van der Waals surface area contributed by atoms with Gasteiger partial charge in [-0.3, -0.25) is 4.79 Å². The van der Waals surface area contributed by atoms with Crippen molar-refractivity contribution in [2.45, 2.75) is 32.3 Å². The quantitative estimate of drug-likeness (QED) is 0.791. The van der Waals surface area contributed by atoms with E-state index in [9.17, 15) is 9.18 Å². The Balaban J connectivity index is 2.06. The molecule has 0 saturated carbocycles. The van der Waals surface area contributed by atoms with Crippen LogP contribution in [0.2, 0.25) is 0 Å². The van der Waals surface area contributed by atoms with E-state index in [4.69, 9.17) is 4.74 Å². The Bertz CT molecular complexity index is 419. The van der Waals surface area contributed by atoms with Crippen LogP contribution in [0.3, 0.4) is 0 Å². The van der Waals surface area contributed by atoms with Gasteiger partial charge in [0.05, 0.1) is 6.54 Å². The number of carbonyl (C=O) groups excluding carboxylic acids is 1. The van der Waals surface area contributed by atoms with Crippen LogP contribution >= 0.6 is 0 Å². The molecular weight excluding hydrogens is 245 g/mol. The lowest BCUT2D eigenvalue weighted by Crippen LogP contribution is -2.30. The summed E-state index contributed by atoms with van der Waals surface area (Å²) in [5.74, 6) is -0.0672. The minimum Gasteiger partial charge on any atom is -0.372 e. The zero-order valence-corrected chi connectivity index (χ0v) is 11.3. The van der Waals surface area contributed by atoms with Crippen LogP contribution in [0.4, 0.5) is 4.39 Å². The van der Waals surface area contributed by atoms with E-state index in [-0.39, 0.29) is 17.8 Å². The lowest BCUT2D eigenvalue weighted by atomic mass is 10.1. The number of amides is 1. The number of benzene rings is 1. The van der Waals surface area contributed by atoms with Crippen molar-refractivity contribution in [2.75, 3.05) is 19.7 Å². The van der Waals surface area contributed by atoms with Crippen molar-refractivity contribution in [3.8, 4) is 0 Å². The van der Waals surface area contributed by atoms with E-state index in [2.05, 4.69) is 0 Å². The highest BCUT2D eigenvalue weighted by atomic mass is 19.1. The smallest absolute Gasteiger partial charge is 0.222 e.